The molecule has 2 N–H and O–H groups in total. The van der Waals surface area contributed by atoms with Gasteiger partial charge < -0.3 is 14.9 Å². The van der Waals surface area contributed by atoms with Crippen LogP contribution in [0.4, 0.5) is 10.7 Å². The largest absolute Gasteiger partial charge is 0.369 e. The summed E-state index contributed by atoms with van der Waals surface area (Å²) in [7, 11) is 0. The van der Waals surface area contributed by atoms with Crippen LogP contribution in [0.2, 0.25) is 0 Å². The molecule has 1 unspecified atom stereocenters. The lowest BCUT2D eigenvalue weighted by molar-refractivity contribution is 0.0815. The summed E-state index contributed by atoms with van der Waals surface area (Å²) in [5, 5.41) is 24.9. The van der Waals surface area contributed by atoms with Crippen LogP contribution < -0.4 is 10.2 Å². The van der Waals surface area contributed by atoms with Crippen molar-refractivity contribution in [2.75, 3.05) is 11.4 Å². The van der Waals surface area contributed by atoms with Crippen molar-refractivity contribution in [3.63, 3.8) is 0 Å². The molecule has 1 aromatic rings. The smallest absolute Gasteiger partial charge is 0.326 e. The highest BCUT2D eigenvalue weighted by atomic mass is 16.5. The number of β-amino-alcohol motifs (C(OH)–C–C–N with tert-alkyl or cyclic N) is 1. The van der Waals surface area contributed by atoms with Crippen LogP contribution >= 0.6 is 0 Å². The SMILES string of the molecule is Cc1noc(N2C(=O)NCC2(C)O)c1C#N. The van der Waals surface area contributed by atoms with E-state index in [-0.39, 0.29) is 18.0 Å². The maximum Gasteiger partial charge on any atom is 0.326 e. The van der Waals surface area contributed by atoms with Crippen molar-refractivity contribution in [3.05, 3.63) is 11.3 Å². The topological polar surface area (TPSA) is 102 Å². The number of hydrogen-bond acceptors (Lipinski definition) is 5. The lowest BCUT2D eigenvalue weighted by Crippen LogP contribution is -2.44. The summed E-state index contributed by atoms with van der Waals surface area (Å²) in [5.41, 5.74) is -0.889. The van der Waals surface area contributed by atoms with Crippen molar-refractivity contribution < 1.29 is 14.4 Å². The number of aryl methyl sites for hydroxylation is 1. The molecule has 7 nitrogen and oxygen atoms in total. The van der Waals surface area contributed by atoms with Crippen molar-refractivity contribution in [2.24, 2.45) is 0 Å². The van der Waals surface area contributed by atoms with Crippen molar-refractivity contribution >= 4 is 11.9 Å². The summed E-state index contributed by atoms with van der Waals surface area (Å²) in [6.07, 6.45) is 0. The van der Waals surface area contributed by atoms with Gasteiger partial charge in [-0.15, -0.1) is 0 Å². The fourth-order valence-corrected chi connectivity index (χ4v) is 1.57. The standard InChI is InChI=1S/C9H10N4O3/c1-5-6(3-10)7(16-12-5)13-8(14)11-4-9(13,2)15/h15H,4H2,1-2H3,(H,11,14). The van der Waals surface area contributed by atoms with Crippen LogP contribution in [0.3, 0.4) is 0 Å². The molecule has 1 aliphatic heterocycles. The molecule has 0 bridgehead atoms. The van der Waals surface area contributed by atoms with Crippen molar-refractivity contribution in [1.29, 1.82) is 5.26 Å². The van der Waals surface area contributed by atoms with E-state index in [0.717, 1.165) is 4.90 Å². The van der Waals surface area contributed by atoms with Crippen molar-refractivity contribution in [2.45, 2.75) is 19.6 Å². The minimum Gasteiger partial charge on any atom is -0.369 e. The summed E-state index contributed by atoms with van der Waals surface area (Å²) < 4.78 is 4.91. The second kappa shape index (κ2) is 3.21. The van der Waals surface area contributed by atoms with E-state index in [1.54, 1.807) is 6.92 Å². The lowest BCUT2D eigenvalue weighted by Gasteiger charge is -2.25. The average Bonchev–Trinajstić information content (AvgIpc) is 2.68. The third-order valence-electron chi connectivity index (χ3n) is 2.42. The number of carbonyl (C=O) groups is 1. The van der Waals surface area contributed by atoms with Gasteiger partial charge in [-0.05, 0) is 13.8 Å². The fourth-order valence-electron chi connectivity index (χ4n) is 1.57. The summed E-state index contributed by atoms with van der Waals surface area (Å²) >= 11 is 0. The normalized spacial score (nSPS) is 24.4. The van der Waals surface area contributed by atoms with Gasteiger partial charge in [0, 0.05) is 0 Å². The molecule has 7 heteroatoms. The first-order chi connectivity index (χ1) is 7.47. The predicted molar refractivity (Wildman–Crippen MR) is 52.5 cm³/mol. The van der Waals surface area contributed by atoms with E-state index in [1.807, 2.05) is 6.07 Å². The van der Waals surface area contributed by atoms with Crippen LogP contribution in [0.25, 0.3) is 0 Å². The van der Waals surface area contributed by atoms with E-state index in [1.165, 1.54) is 6.92 Å². The van der Waals surface area contributed by atoms with Gasteiger partial charge in [0.15, 0.2) is 5.72 Å². The van der Waals surface area contributed by atoms with Gasteiger partial charge in [0.05, 0.1) is 6.54 Å². The number of hydrogen-bond donors (Lipinski definition) is 2. The fraction of sp³-hybridized carbons (Fsp3) is 0.444. The number of rotatable bonds is 1. The summed E-state index contributed by atoms with van der Waals surface area (Å²) in [6.45, 7) is 3.11. The van der Waals surface area contributed by atoms with Crippen LogP contribution in [-0.2, 0) is 0 Å². The zero-order chi connectivity index (χ0) is 11.9. The second-order valence-electron chi connectivity index (χ2n) is 3.77. The van der Waals surface area contributed by atoms with Crippen molar-refractivity contribution in [3.8, 4) is 6.07 Å². The van der Waals surface area contributed by atoms with Gasteiger partial charge in [-0.2, -0.15) is 5.26 Å². The summed E-state index contributed by atoms with van der Waals surface area (Å²) in [4.78, 5) is 12.5. The molecule has 0 radical (unpaired) electrons. The zero-order valence-electron chi connectivity index (χ0n) is 8.81. The quantitative estimate of drug-likeness (QED) is 0.701. The number of aliphatic hydroxyl groups is 1. The van der Waals surface area contributed by atoms with Crippen LogP contribution in [0, 0.1) is 18.3 Å². The molecule has 0 saturated carbocycles. The minimum atomic E-state index is -1.42. The average molecular weight is 222 g/mol. The van der Waals surface area contributed by atoms with Gasteiger partial charge >= 0.3 is 6.03 Å². The van der Waals surface area contributed by atoms with E-state index in [2.05, 4.69) is 10.5 Å². The van der Waals surface area contributed by atoms with Gasteiger partial charge in [0.25, 0.3) is 5.88 Å². The number of aromatic nitrogens is 1. The molecule has 16 heavy (non-hydrogen) atoms. The third-order valence-corrected chi connectivity index (χ3v) is 2.42. The molecule has 2 amide bonds. The predicted octanol–water partition coefficient (Wildman–Crippen LogP) is 0.0928. The number of nitrogens with one attached hydrogen (secondary N) is 1. The first-order valence-corrected chi connectivity index (χ1v) is 4.64. The molecule has 2 rings (SSSR count). The minimum absolute atomic E-state index is 0.0278. The number of carbonyl (C=O) groups excluding carboxylic acids is 1. The molecule has 2 heterocycles. The highest BCUT2D eigenvalue weighted by molar-refractivity contribution is 5.95. The van der Waals surface area contributed by atoms with E-state index < -0.39 is 11.8 Å². The Labute approximate surface area is 91.2 Å². The van der Waals surface area contributed by atoms with Crippen LogP contribution in [0.5, 0.6) is 0 Å². The Morgan fingerprint density at radius 3 is 2.94 bits per heavy atom. The second-order valence-corrected chi connectivity index (χ2v) is 3.77. The summed E-state index contributed by atoms with van der Waals surface area (Å²) in [5.74, 6) is -0.0278. The molecular weight excluding hydrogens is 212 g/mol. The Hall–Kier alpha value is -2.07. The molecule has 1 aromatic heterocycles. The Balaban J connectivity index is 2.52. The molecule has 1 saturated heterocycles. The number of nitrogens with zero attached hydrogens (tertiary/aromatic N) is 3. The van der Waals surface area contributed by atoms with Crippen LogP contribution in [-0.4, -0.2) is 28.6 Å². The Kier molecular flexibility index (Phi) is 2.10. The monoisotopic (exact) mass is 222 g/mol. The van der Waals surface area contributed by atoms with Crippen molar-refractivity contribution in [1.82, 2.24) is 10.5 Å². The van der Waals surface area contributed by atoms with Gasteiger partial charge in [-0.1, -0.05) is 5.16 Å². The van der Waals surface area contributed by atoms with E-state index in [9.17, 15) is 9.90 Å². The third kappa shape index (κ3) is 1.31. The zero-order valence-corrected chi connectivity index (χ0v) is 8.81. The molecule has 0 aliphatic carbocycles. The Morgan fingerprint density at radius 1 is 1.75 bits per heavy atom. The van der Waals surface area contributed by atoms with Crippen LogP contribution in [0.15, 0.2) is 4.52 Å². The van der Waals surface area contributed by atoms with Gasteiger partial charge in [-0.3, -0.25) is 0 Å². The van der Waals surface area contributed by atoms with Crippen LogP contribution in [0.1, 0.15) is 18.2 Å². The Morgan fingerprint density at radius 2 is 2.44 bits per heavy atom. The van der Waals surface area contributed by atoms with Gasteiger partial charge in [0.2, 0.25) is 0 Å². The van der Waals surface area contributed by atoms with E-state index in [4.69, 9.17) is 9.78 Å². The van der Waals surface area contributed by atoms with E-state index in [0.29, 0.717) is 5.69 Å². The van der Waals surface area contributed by atoms with E-state index >= 15 is 0 Å². The molecule has 0 aromatic carbocycles. The number of urea groups is 1. The van der Waals surface area contributed by atoms with Gasteiger partial charge in [-0.25, -0.2) is 9.69 Å². The highest BCUT2D eigenvalue weighted by Gasteiger charge is 2.44. The Bertz CT molecular complexity index is 485. The maximum atomic E-state index is 11.5. The molecule has 84 valence electrons. The summed E-state index contributed by atoms with van der Waals surface area (Å²) in [6, 6.07) is 1.37. The lowest BCUT2D eigenvalue weighted by atomic mass is 10.2. The first kappa shape index (κ1) is 10.4. The van der Waals surface area contributed by atoms with Gasteiger partial charge in [0.1, 0.15) is 17.3 Å². The molecular formula is C9H10N4O3. The number of nitriles is 1. The molecule has 1 fully saturated rings. The number of amides is 2. The molecule has 1 aliphatic rings. The first-order valence-electron chi connectivity index (χ1n) is 4.64. The number of anilines is 1. The highest BCUT2D eigenvalue weighted by Crippen LogP contribution is 2.30. The molecule has 1 atom stereocenters. The molecule has 0 spiro atoms. The maximum absolute atomic E-state index is 11.5.